The van der Waals surface area contributed by atoms with Crippen LogP contribution in [0.25, 0.3) is 11.5 Å². The Kier molecular flexibility index (Phi) is 5.37. The second-order valence-corrected chi connectivity index (χ2v) is 9.14. The van der Waals surface area contributed by atoms with E-state index in [1.807, 2.05) is 44.2 Å². The van der Waals surface area contributed by atoms with Crippen molar-refractivity contribution in [1.29, 1.82) is 0 Å². The number of aromatic nitrogens is 3. The Balaban J connectivity index is 1.13. The Morgan fingerprint density at radius 3 is 2.43 bits per heavy atom. The van der Waals surface area contributed by atoms with Gasteiger partial charge in [0.05, 0.1) is 5.75 Å². The van der Waals surface area contributed by atoms with E-state index in [9.17, 15) is 4.79 Å². The lowest BCUT2D eigenvalue weighted by molar-refractivity contribution is 0.102. The third-order valence-electron chi connectivity index (χ3n) is 6.00. The first kappa shape index (κ1) is 21.6. The molecule has 0 fully saturated rings. The van der Waals surface area contributed by atoms with Gasteiger partial charge in [-0.3, -0.25) is 4.79 Å². The summed E-state index contributed by atoms with van der Waals surface area (Å²) in [5.41, 5.74) is 4.42. The standard InChI is InChI=1S/C25H21N3O6S/c1-14-7-18(15(2)28(14)10-16-3-5-20-22(8-16)32-12-30-20)19(29)11-35-25-27-26-24(34-25)17-4-6-21-23(9-17)33-13-31-21/h3-9H,10-13H2,1-2H3. The van der Waals surface area contributed by atoms with Crippen LogP contribution >= 0.6 is 11.8 Å². The highest BCUT2D eigenvalue weighted by Crippen LogP contribution is 2.36. The van der Waals surface area contributed by atoms with Gasteiger partial charge >= 0.3 is 0 Å². The van der Waals surface area contributed by atoms with Crippen LogP contribution in [0.1, 0.15) is 27.3 Å². The molecule has 0 aliphatic carbocycles. The van der Waals surface area contributed by atoms with Crippen molar-refractivity contribution in [3.63, 3.8) is 0 Å². The van der Waals surface area contributed by atoms with E-state index in [4.69, 9.17) is 23.4 Å². The Morgan fingerprint density at radius 2 is 1.63 bits per heavy atom. The van der Waals surface area contributed by atoms with Gasteiger partial charge in [0.15, 0.2) is 28.8 Å². The van der Waals surface area contributed by atoms with Crippen molar-refractivity contribution in [3.05, 3.63) is 65.0 Å². The fourth-order valence-electron chi connectivity index (χ4n) is 4.17. The molecule has 0 spiro atoms. The van der Waals surface area contributed by atoms with Crippen molar-refractivity contribution in [1.82, 2.24) is 14.8 Å². The normalized spacial score (nSPS) is 13.4. The number of aryl methyl sites for hydroxylation is 1. The average Bonchev–Trinajstić information content (AvgIpc) is 3.66. The molecule has 178 valence electrons. The van der Waals surface area contributed by atoms with Gasteiger partial charge in [-0.2, -0.15) is 0 Å². The zero-order valence-corrected chi connectivity index (χ0v) is 19.9. The number of rotatable bonds is 7. The van der Waals surface area contributed by atoms with Gasteiger partial charge in [0.25, 0.3) is 5.22 Å². The second-order valence-electron chi connectivity index (χ2n) is 8.21. The molecule has 0 bridgehead atoms. The molecule has 0 N–H and O–H groups in total. The minimum absolute atomic E-state index is 0.00265. The van der Waals surface area contributed by atoms with E-state index in [-0.39, 0.29) is 25.1 Å². The zero-order valence-electron chi connectivity index (χ0n) is 19.1. The van der Waals surface area contributed by atoms with Crippen LogP contribution in [0.3, 0.4) is 0 Å². The second kappa shape index (κ2) is 8.70. The minimum atomic E-state index is 0.00265. The molecule has 0 saturated carbocycles. The van der Waals surface area contributed by atoms with Crippen molar-refractivity contribution in [3.8, 4) is 34.5 Å². The lowest BCUT2D eigenvalue weighted by atomic mass is 10.1. The number of ketones is 1. The molecular formula is C25H21N3O6S. The summed E-state index contributed by atoms with van der Waals surface area (Å²) in [6.07, 6.45) is 0. The summed E-state index contributed by atoms with van der Waals surface area (Å²) >= 11 is 1.22. The van der Waals surface area contributed by atoms with E-state index in [1.165, 1.54) is 11.8 Å². The number of hydrogen-bond donors (Lipinski definition) is 0. The highest BCUT2D eigenvalue weighted by Gasteiger charge is 2.20. The van der Waals surface area contributed by atoms with Gasteiger partial charge < -0.3 is 27.9 Å². The Bertz CT molecular complexity index is 1440. The number of hydrogen-bond acceptors (Lipinski definition) is 9. The molecule has 2 aromatic heterocycles. The number of thioether (sulfide) groups is 1. The maximum atomic E-state index is 13.0. The molecule has 2 aliphatic rings. The van der Waals surface area contributed by atoms with Gasteiger partial charge in [-0.1, -0.05) is 17.8 Å². The Labute approximate surface area is 205 Å². The van der Waals surface area contributed by atoms with Crippen molar-refractivity contribution < 1.29 is 28.2 Å². The summed E-state index contributed by atoms with van der Waals surface area (Å²) in [5.74, 6) is 3.38. The molecular weight excluding hydrogens is 470 g/mol. The summed E-state index contributed by atoms with van der Waals surface area (Å²) in [4.78, 5) is 13.0. The number of nitrogens with zero attached hydrogens (tertiary/aromatic N) is 3. The molecule has 35 heavy (non-hydrogen) atoms. The van der Waals surface area contributed by atoms with Crippen LogP contribution in [0.4, 0.5) is 0 Å². The number of carbonyl (C=O) groups excluding carboxylic acids is 1. The van der Waals surface area contributed by atoms with Crippen LogP contribution < -0.4 is 18.9 Å². The molecule has 2 aliphatic heterocycles. The molecule has 4 aromatic rings. The summed E-state index contributed by atoms with van der Waals surface area (Å²) in [6.45, 7) is 5.04. The monoisotopic (exact) mass is 491 g/mol. The van der Waals surface area contributed by atoms with Crippen LogP contribution in [0.15, 0.2) is 52.1 Å². The van der Waals surface area contributed by atoms with Crippen molar-refractivity contribution >= 4 is 17.5 Å². The quantitative estimate of drug-likeness (QED) is 0.271. The molecule has 0 atom stereocenters. The van der Waals surface area contributed by atoms with Crippen LogP contribution in [0, 0.1) is 13.8 Å². The van der Waals surface area contributed by atoms with Crippen molar-refractivity contribution in [2.45, 2.75) is 25.6 Å². The van der Waals surface area contributed by atoms with Crippen LogP contribution in [-0.2, 0) is 6.54 Å². The van der Waals surface area contributed by atoms with Gasteiger partial charge in [-0.25, -0.2) is 0 Å². The predicted octanol–water partition coefficient (Wildman–Crippen LogP) is 4.64. The summed E-state index contributed by atoms with van der Waals surface area (Å²) in [7, 11) is 0. The van der Waals surface area contributed by atoms with Crippen LogP contribution in [0.5, 0.6) is 23.0 Å². The van der Waals surface area contributed by atoms with E-state index >= 15 is 0 Å². The molecule has 0 unspecified atom stereocenters. The van der Waals surface area contributed by atoms with Gasteiger partial charge in [0, 0.05) is 29.1 Å². The maximum absolute atomic E-state index is 13.0. The summed E-state index contributed by atoms with van der Waals surface area (Å²) in [5, 5.41) is 8.51. The number of fused-ring (bicyclic) bond motifs is 2. The first-order valence-corrected chi connectivity index (χ1v) is 12.0. The van der Waals surface area contributed by atoms with Crippen LogP contribution in [-0.4, -0.2) is 39.9 Å². The lowest BCUT2D eigenvalue weighted by Gasteiger charge is -2.10. The van der Waals surface area contributed by atoms with E-state index < -0.39 is 0 Å². The molecule has 0 saturated heterocycles. The predicted molar refractivity (Wildman–Crippen MR) is 126 cm³/mol. The first-order valence-electron chi connectivity index (χ1n) is 11.0. The third-order valence-corrected chi connectivity index (χ3v) is 6.82. The number of carbonyl (C=O) groups is 1. The zero-order chi connectivity index (χ0) is 23.9. The first-order chi connectivity index (χ1) is 17.0. The topological polar surface area (TPSA) is 97.8 Å². The molecule has 9 nitrogen and oxygen atoms in total. The van der Waals surface area contributed by atoms with Crippen molar-refractivity contribution in [2.24, 2.45) is 0 Å². The molecule has 0 radical (unpaired) electrons. The Morgan fingerprint density at radius 1 is 0.914 bits per heavy atom. The fourth-order valence-corrected chi connectivity index (χ4v) is 4.81. The van der Waals surface area contributed by atoms with E-state index in [1.54, 1.807) is 12.1 Å². The summed E-state index contributed by atoms with van der Waals surface area (Å²) in [6, 6.07) is 13.3. The largest absolute Gasteiger partial charge is 0.454 e. The van der Waals surface area contributed by atoms with Gasteiger partial charge in [0.2, 0.25) is 19.5 Å². The van der Waals surface area contributed by atoms with Crippen molar-refractivity contribution in [2.75, 3.05) is 19.3 Å². The third kappa shape index (κ3) is 4.10. The van der Waals surface area contributed by atoms with Gasteiger partial charge in [-0.05, 0) is 55.8 Å². The number of benzene rings is 2. The molecule has 6 rings (SSSR count). The molecule has 2 aromatic carbocycles. The highest BCUT2D eigenvalue weighted by atomic mass is 32.2. The van der Waals surface area contributed by atoms with Crippen LogP contribution in [0.2, 0.25) is 0 Å². The molecule has 4 heterocycles. The average molecular weight is 492 g/mol. The number of Topliss-reactive ketones (excluding diaryl/α,β-unsaturated/α-hetero) is 1. The number of ether oxygens (including phenoxy) is 4. The fraction of sp³-hybridized carbons (Fsp3) is 0.240. The van der Waals surface area contributed by atoms with Gasteiger partial charge in [-0.15, -0.1) is 10.2 Å². The van der Waals surface area contributed by atoms with E-state index in [2.05, 4.69) is 14.8 Å². The van der Waals surface area contributed by atoms with E-state index in [0.29, 0.717) is 34.7 Å². The minimum Gasteiger partial charge on any atom is -0.454 e. The lowest BCUT2D eigenvalue weighted by Crippen LogP contribution is -2.07. The Hall–Kier alpha value is -3.92. The molecule has 0 amide bonds. The van der Waals surface area contributed by atoms with Gasteiger partial charge in [0.1, 0.15) is 0 Å². The summed E-state index contributed by atoms with van der Waals surface area (Å²) < 4.78 is 29.5. The smallest absolute Gasteiger partial charge is 0.277 e. The maximum Gasteiger partial charge on any atom is 0.277 e. The highest BCUT2D eigenvalue weighted by molar-refractivity contribution is 7.99. The SMILES string of the molecule is Cc1cc(C(=O)CSc2nnc(-c3ccc4c(c3)OCO4)o2)c(C)n1Cc1ccc2c(c1)OCO2. The molecule has 10 heteroatoms. The van der Waals surface area contributed by atoms with E-state index in [0.717, 1.165) is 34.0 Å².